The number of aromatic nitrogens is 1. The summed E-state index contributed by atoms with van der Waals surface area (Å²) in [6.07, 6.45) is 3.06. The van der Waals surface area contributed by atoms with Gasteiger partial charge in [0.15, 0.2) is 0 Å². The topological polar surface area (TPSA) is 46.3 Å². The normalized spacial score (nSPS) is 10.5. The molecule has 0 bridgehead atoms. The minimum atomic E-state index is 0.156. The van der Waals surface area contributed by atoms with Gasteiger partial charge in [0, 0.05) is 31.8 Å². The Balaban J connectivity index is 1.81. The van der Waals surface area contributed by atoms with Gasteiger partial charge in [-0.25, -0.2) is 4.98 Å². The molecule has 0 atom stereocenters. The third-order valence-corrected chi connectivity index (χ3v) is 3.74. The number of carbonyl (C=O) groups is 1. The van der Waals surface area contributed by atoms with Crippen molar-refractivity contribution in [2.75, 3.05) is 19.8 Å². The molecule has 106 valence electrons. The van der Waals surface area contributed by atoms with Gasteiger partial charge >= 0.3 is 0 Å². The lowest BCUT2D eigenvalue weighted by Gasteiger charge is -2.08. The number of carbonyl (C=O) groups excluding carboxylic acids is 1. The zero-order chi connectivity index (χ0) is 14.4. The number of oxazole rings is 1. The molecule has 0 unspecified atom stereocenters. The summed E-state index contributed by atoms with van der Waals surface area (Å²) < 4.78 is 5.43. The molecule has 2 rings (SSSR count). The zero-order valence-electron chi connectivity index (χ0n) is 11.7. The number of nitrogens with zero attached hydrogens (tertiary/aromatic N) is 2. The van der Waals surface area contributed by atoms with E-state index in [2.05, 4.69) is 4.98 Å². The van der Waals surface area contributed by atoms with E-state index in [4.69, 9.17) is 4.42 Å². The van der Waals surface area contributed by atoms with Gasteiger partial charge in [-0.15, -0.1) is 0 Å². The fraction of sp³-hybridized carbons (Fsp3) is 0.333. The maximum atomic E-state index is 11.4. The van der Waals surface area contributed by atoms with E-state index < -0.39 is 0 Å². The third kappa shape index (κ3) is 4.13. The van der Waals surface area contributed by atoms with Crippen LogP contribution in [0.5, 0.6) is 0 Å². The van der Waals surface area contributed by atoms with E-state index in [1.807, 2.05) is 30.3 Å². The van der Waals surface area contributed by atoms with E-state index in [9.17, 15) is 4.79 Å². The highest BCUT2D eigenvalue weighted by Gasteiger charge is 2.07. The summed E-state index contributed by atoms with van der Waals surface area (Å²) in [7, 11) is 3.55. The van der Waals surface area contributed by atoms with Gasteiger partial charge in [-0.1, -0.05) is 42.1 Å². The maximum Gasteiger partial charge on any atom is 0.256 e. The highest BCUT2D eigenvalue weighted by atomic mass is 32.2. The smallest absolute Gasteiger partial charge is 0.256 e. The molecule has 0 N–H and O–H groups in total. The molecule has 0 saturated carbocycles. The number of benzene rings is 1. The van der Waals surface area contributed by atoms with E-state index in [0.29, 0.717) is 11.6 Å². The summed E-state index contributed by atoms with van der Waals surface area (Å²) in [4.78, 5) is 17.5. The van der Waals surface area contributed by atoms with Crippen LogP contribution in [-0.4, -0.2) is 35.6 Å². The molecule has 1 aromatic heterocycles. The summed E-state index contributed by atoms with van der Waals surface area (Å²) in [6.45, 7) is 0. The fourth-order valence-electron chi connectivity index (χ4n) is 1.67. The van der Waals surface area contributed by atoms with Gasteiger partial charge in [-0.3, -0.25) is 4.79 Å². The molecule has 4 nitrogen and oxygen atoms in total. The van der Waals surface area contributed by atoms with Gasteiger partial charge < -0.3 is 9.32 Å². The van der Waals surface area contributed by atoms with Crippen LogP contribution in [0.25, 0.3) is 11.3 Å². The number of hydrogen-bond donors (Lipinski definition) is 0. The van der Waals surface area contributed by atoms with E-state index in [1.54, 1.807) is 37.0 Å². The second kappa shape index (κ2) is 7.14. The average molecular weight is 290 g/mol. The summed E-state index contributed by atoms with van der Waals surface area (Å²) in [5, 5.41) is 0.654. The van der Waals surface area contributed by atoms with Gasteiger partial charge in [0.2, 0.25) is 5.91 Å². The highest BCUT2D eigenvalue weighted by molar-refractivity contribution is 7.99. The maximum absolute atomic E-state index is 11.4. The van der Waals surface area contributed by atoms with E-state index in [-0.39, 0.29) is 5.91 Å². The van der Waals surface area contributed by atoms with Gasteiger partial charge in [0.05, 0.1) is 0 Å². The molecule has 0 aliphatic carbocycles. The Morgan fingerprint density at radius 1 is 1.30 bits per heavy atom. The molecule has 0 fully saturated rings. The Kier molecular flexibility index (Phi) is 5.24. The molecule has 20 heavy (non-hydrogen) atoms. The average Bonchev–Trinajstić information content (AvgIpc) is 2.93. The molecule has 0 aliphatic rings. The zero-order valence-corrected chi connectivity index (χ0v) is 12.5. The van der Waals surface area contributed by atoms with Crippen molar-refractivity contribution in [3.05, 3.63) is 36.6 Å². The Labute approximate surface area is 123 Å². The van der Waals surface area contributed by atoms with Crippen molar-refractivity contribution in [2.45, 2.75) is 18.1 Å². The van der Waals surface area contributed by atoms with Crippen LogP contribution in [0.2, 0.25) is 0 Å². The molecule has 1 aromatic carbocycles. The Bertz CT molecular complexity index is 552. The van der Waals surface area contributed by atoms with Crippen LogP contribution >= 0.6 is 11.8 Å². The van der Waals surface area contributed by atoms with Crippen LogP contribution in [-0.2, 0) is 4.79 Å². The predicted molar refractivity (Wildman–Crippen MR) is 80.6 cm³/mol. The largest absolute Gasteiger partial charge is 0.439 e. The van der Waals surface area contributed by atoms with E-state index in [1.165, 1.54) is 0 Å². The van der Waals surface area contributed by atoms with Crippen LogP contribution in [0.15, 0.2) is 46.2 Å². The van der Waals surface area contributed by atoms with Crippen molar-refractivity contribution >= 4 is 17.7 Å². The molecule has 0 radical (unpaired) electrons. The first kappa shape index (κ1) is 14.7. The van der Waals surface area contributed by atoms with Gasteiger partial charge in [-0.2, -0.15) is 0 Å². The Morgan fingerprint density at radius 3 is 2.75 bits per heavy atom. The number of hydrogen-bond acceptors (Lipinski definition) is 4. The quantitative estimate of drug-likeness (QED) is 0.605. The molecular weight excluding hydrogens is 272 g/mol. The third-order valence-electron chi connectivity index (χ3n) is 2.81. The van der Waals surface area contributed by atoms with Crippen molar-refractivity contribution in [3.8, 4) is 11.3 Å². The van der Waals surface area contributed by atoms with Gasteiger partial charge in [0.1, 0.15) is 12.0 Å². The fourth-order valence-corrected chi connectivity index (χ4v) is 2.41. The highest BCUT2D eigenvalue weighted by Crippen LogP contribution is 2.24. The lowest BCUT2D eigenvalue weighted by atomic mass is 10.2. The number of amides is 1. The van der Waals surface area contributed by atoms with Crippen molar-refractivity contribution in [3.63, 3.8) is 0 Å². The van der Waals surface area contributed by atoms with Crippen molar-refractivity contribution in [1.29, 1.82) is 0 Å². The first-order valence-corrected chi connectivity index (χ1v) is 7.49. The lowest BCUT2D eigenvalue weighted by molar-refractivity contribution is -0.128. The van der Waals surface area contributed by atoms with Crippen molar-refractivity contribution < 1.29 is 9.21 Å². The first-order chi connectivity index (χ1) is 9.66. The molecule has 1 amide bonds. The second-order valence-electron chi connectivity index (χ2n) is 4.60. The summed E-state index contributed by atoms with van der Waals surface area (Å²) in [5.74, 6) is 0.983. The first-order valence-electron chi connectivity index (χ1n) is 6.50. The van der Waals surface area contributed by atoms with Crippen molar-refractivity contribution in [1.82, 2.24) is 9.88 Å². The molecule has 2 aromatic rings. The predicted octanol–water partition coefficient (Wildman–Crippen LogP) is 3.30. The summed E-state index contributed by atoms with van der Waals surface area (Å²) in [5.41, 5.74) is 1.89. The second-order valence-corrected chi connectivity index (χ2v) is 5.65. The van der Waals surface area contributed by atoms with Crippen molar-refractivity contribution in [2.24, 2.45) is 0 Å². The Hall–Kier alpha value is -1.75. The molecule has 0 saturated heterocycles. The van der Waals surface area contributed by atoms with Gasteiger partial charge in [0.25, 0.3) is 5.22 Å². The molecular formula is C15H18N2O2S. The SMILES string of the molecule is CN(C)C(=O)CCCSc1nc(-c2ccccc2)co1. The van der Waals surface area contributed by atoms with Crippen LogP contribution < -0.4 is 0 Å². The lowest BCUT2D eigenvalue weighted by Crippen LogP contribution is -2.21. The van der Waals surface area contributed by atoms with Crippen LogP contribution in [0.1, 0.15) is 12.8 Å². The minimum Gasteiger partial charge on any atom is -0.439 e. The van der Waals surface area contributed by atoms with Crippen LogP contribution in [0, 0.1) is 0 Å². The monoisotopic (exact) mass is 290 g/mol. The van der Waals surface area contributed by atoms with Gasteiger partial charge in [-0.05, 0) is 6.42 Å². The molecule has 1 heterocycles. The number of rotatable bonds is 6. The molecule has 0 aliphatic heterocycles. The van der Waals surface area contributed by atoms with Crippen LogP contribution in [0.3, 0.4) is 0 Å². The summed E-state index contributed by atoms with van der Waals surface area (Å²) >= 11 is 1.54. The van der Waals surface area contributed by atoms with E-state index in [0.717, 1.165) is 23.4 Å². The summed E-state index contributed by atoms with van der Waals surface area (Å²) in [6, 6.07) is 9.93. The number of thioether (sulfide) groups is 1. The molecule has 0 spiro atoms. The minimum absolute atomic E-state index is 0.156. The standard InChI is InChI=1S/C15H18N2O2S/c1-17(2)14(18)9-6-10-20-15-16-13(11-19-15)12-7-4-3-5-8-12/h3-5,7-8,11H,6,9-10H2,1-2H3. The van der Waals surface area contributed by atoms with E-state index >= 15 is 0 Å². The van der Waals surface area contributed by atoms with Crippen LogP contribution in [0.4, 0.5) is 0 Å². The molecule has 5 heteroatoms. The Morgan fingerprint density at radius 2 is 2.05 bits per heavy atom.